The fourth-order valence-corrected chi connectivity index (χ4v) is 2.53. The summed E-state index contributed by atoms with van der Waals surface area (Å²) in [4.78, 5) is 19.1. The number of aryl methyl sites for hydroxylation is 1. The van der Waals surface area contributed by atoms with Gasteiger partial charge in [0.25, 0.3) is 5.56 Å². The van der Waals surface area contributed by atoms with Crippen molar-refractivity contribution >= 4 is 15.9 Å². The number of nitrogens with one attached hydrogen (secondary N) is 1. The summed E-state index contributed by atoms with van der Waals surface area (Å²) >= 11 is 3.44. The summed E-state index contributed by atoms with van der Waals surface area (Å²) in [5.74, 6) is 1.13. The molecule has 0 amide bonds. The number of H-pyrrole nitrogens is 1. The Balaban J connectivity index is 2.50. The van der Waals surface area contributed by atoms with E-state index in [4.69, 9.17) is 0 Å². The van der Waals surface area contributed by atoms with Gasteiger partial charge in [-0.3, -0.25) is 4.79 Å². The molecule has 0 aliphatic rings. The summed E-state index contributed by atoms with van der Waals surface area (Å²) in [7, 11) is 0. The molecule has 0 radical (unpaired) electrons. The Morgan fingerprint density at radius 1 is 1.32 bits per heavy atom. The normalized spacial score (nSPS) is 11.0. The van der Waals surface area contributed by atoms with Crippen molar-refractivity contribution in [1.29, 1.82) is 0 Å². The van der Waals surface area contributed by atoms with Gasteiger partial charge in [-0.1, -0.05) is 29.8 Å². The van der Waals surface area contributed by atoms with Crippen molar-refractivity contribution in [3.8, 4) is 11.4 Å². The third-order valence-corrected chi connectivity index (χ3v) is 3.35. The number of aromatic amines is 1. The topological polar surface area (TPSA) is 45.8 Å². The molecule has 3 nitrogen and oxygen atoms in total. The second kappa shape index (κ2) is 5.70. The molecule has 0 saturated heterocycles. The SMILES string of the molecule is Cc1cc(Br)ccc1-c1nc(CC(C)C)cc(=O)[nH]1. The molecule has 0 fully saturated rings. The zero-order chi connectivity index (χ0) is 14.0. The maximum absolute atomic E-state index is 11.7. The van der Waals surface area contributed by atoms with E-state index >= 15 is 0 Å². The third-order valence-electron chi connectivity index (χ3n) is 2.86. The van der Waals surface area contributed by atoms with Gasteiger partial charge in [0.05, 0.1) is 0 Å². The molecule has 0 atom stereocenters. The van der Waals surface area contributed by atoms with Crippen LogP contribution in [0.3, 0.4) is 0 Å². The molecular weight excluding hydrogens is 304 g/mol. The summed E-state index contributed by atoms with van der Waals surface area (Å²) in [6.45, 7) is 6.25. The lowest BCUT2D eigenvalue weighted by Gasteiger charge is -2.09. The Bertz CT molecular complexity index is 647. The van der Waals surface area contributed by atoms with Crippen LogP contribution in [-0.4, -0.2) is 9.97 Å². The number of hydrogen-bond donors (Lipinski definition) is 1. The van der Waals surface area contributed by atoms with Gasteiger partial charge in [-0.2, -0.15) is 0 Å². The molecule has 1 N–H and O–H groups in total. The molecule has 0 saturated carbocycles. The first-order valence-electron chi connectivity index (χ1n) is 6.32. The predicted molar refractivity (Wildman–Crippen MR) is 81.3 cm³/mol. The van der Waals surface area contributed by atoms with E-state index in [0.717, 1.165) is 27.7 Å². The highest BCUT2D eigenvalue weighted by atomic mass is 79.9. The van der Waals surface area contributed by atoms with E-state index in [1.54, 1.807) is 6.07 Å². The second-order valence-corrected chi connectivity index (χ2v) is 6.06. The lowest BCUT2D eigenvalue weighted by atomic mass is 10.1. The molecule has 2 aromatic rings. The van der Waals surface area contributed by atoms with E-state index in [9.17, 15) is 4.79 Å². The lowest BCUT2D eigenvalue weighted by molar-refractivity contribution is 0.634. The first-order valence-corrected chi connectivity index (χ1v) is 7.12. The van der Waals surface area contributed by atoms with Crippen LogP contribution in [0.1, 0.15) is 25.1 Å². The molecule has 1 aromatic heterocycles. The molecule has 1 heterocycles. The van der Waals surface area contributed by atoms with Gasteiger partial charge in [-0.15, -0.1) is 0 Å². The maximum Gasteiger partial charge on any atom is 0.251 e. The third kappa shape index (κ3) is 3.53. The van der Waals surface area contributed by atoms with Gasteiger partial charge in [-0.05, 0) is 43.0 Å². The fraction of sp³-hybridized carbons (Fsp3) is 0.333. The minimum Gasteiger partial charge on any atom is -0.307 e. The second-order valence-electron chi connectivity index (χ2n) is 5.14. The van der Waals surface area contributed by atoms with Crippen LogP contribution in [0, 0.1) is 12.8 Å². The minimum atomic E-state index is -0.0945. The Labute approximate surface area is 121 Å². The van der Waals surface area contributed by atoms with Crippen LogP contribution < -0.4 is 5.56 Å². The Morgan fingerprint density at radius 2 is 2.05 bits per heavy atom. The van der Waals surface area contributed by atoms with Gasteiger partial charge in [0, 0.05) is 21.8 Å². The largest absolute Gasteiger partial charge is 0.307 e. The van der Waals surface area contributed by atoms with Gasteiger partial charge in [0.15, 0.2) is 0 Å². The molecule has 1 aromatic carbocycles. The van der Waals surface area contributed by atoms with Crippen LogP contribution in [0.2, 0.25) is 0 Å². The molecule has 0 spiro atoms. The molecule has 0 bridgehead atoms. The molecule has 0 aliphatic carbocycles. The van der Waals surface area contributed by atoms with Crippen molar-refractivity contribution in [2.45, 2.75) is 27.2 Å². The van der Waals surface area contributed by atoms with E-state index in [1.165, 1.54) is 0 Å². The lowest BCUT2D eigenvalue weighted by Crippen LogP contribution is -2.12. The quantitative estimate of drug-likeness (QED) is 0.937. The van der Waals surface area contributed by atoms with Crippen LogP contribution in [0.5, 0.6) is 0 Å². The molecule has 2 rings (SSSR count). The van der Waals surface area contributed by atoms with Crippen LogP contribution in [0.25, 0.3) is 11.4 Å². The van der Waals surface area contributed by atoms with Crippen LogP contribution in [-0.2, 0) is 6.42 Å². The molecule has 0 unspecified atom stereocenters. The molecule has 100 valence electrons. The van der Waals surface area contributed by atoms with E-state index in [0.29, 0.717) is 11.7 Å². The summed E-state index contributed by atoms with van der Waals surface area (Å²) in [6.07, 6.45) is 0.812. The fourth-order valence-electron chi connectivity index (χ4n) is 2.05. The van der Waals surface area contributed by atoms with E-state index in [-0.39, 0.29) is 5.56 Å². The Hall–Kier alpha value is -1.42. The van der Waals surface area contributed by atoms with Gasteiger partial charge < -0.3 is 4.98 Å². The van der Waals surface area contributed by atoms with E-state index in [2.05, 4.69) is 39.7 Å². The smallest absolute Gasteiger partial charge is 0.251 e. The monoisotopic (exact) mass is 320 g/mol. The van der Waals surface area contributed by atoms with Crippen molar-refractivity contribution in [3.05, 3.63) is 50.3 Å². The highest BCUT2D eigenvalue weighted by molar-refractivity contribution is 9.10. The first-order chi connectivity index (χ1) is 8.95. The van der Waals surface area contributed by atoms with Gasteiger partial charge >= 0.3 is 0 Å². The summed E-state index contributed by atoms with van der Waals surface area (Å²) in [5, 5.41) is 0. The van der Waals surface area contributed by atoms with Crippen molar-refractivity contribution in [1.82, 2.24) is 9.97 Å². The number of nitrogens with zero attached hydrogens (tertiary/aromatic N) is 1. The predicted octanol–water partition coefficient (Wildman–Crippen LogP) is 3.71. The van der Waals surface area contributed by atoms with Gasteiger partial charge in [0.1, 0.15) is 5.82 Å². The zero-order valence-electron chi connectivity index (χ0n) is 11.3. The Kier molecular flexibility index (Phi) is 4.20. The van der Waals surface area contributed by atoms with Crippen molar-refractivity contribution in [2.24, 2.45) is 5.92 Å². The summed E-state index contributed by atoms with van der Waals surface area (Å²) in [5.41, 5.74) is 2.80. The Morgan fingerprint density at radius 3 is 2.68 bits per heavy atom. The maximum atomic E-state index is 11.7. The number of rotatable bonds is 3. The summed E-state index contributed by atoms with van der Waals surface area (Å²) in [6, 6.07) is 7.52. The molecule has 19 heavy (non-hydrogen) atoms. The van der Waals surface area contributed by atoms with E-state index < -0.39 is 0 Å². The van der Waals surface area contributed by atoms with Crippen LogP contribution in [0.15, 0.2) is 33.5 Å². The van der Waals surface area contributed by atoms with Gasteiger partial charge in [0.2, 0.25) is 0 Å². The van der Waals surface area contributed by atoms with Crippen molar-refractivity contribution in [3.63, 3.8) is 0 Å². The van der Waals surface area contributed by atoms with Crippen LogP contribution in [0.4, 0.5) is 0 Å². The standard InChI is InChI=1S/C15H17BrN2O/c1-9(2)6-12-8-14(19)18-15(17-12)13-5-4-11(16)7-10(13)3/h4-5,7-9H,6H2,1-3H3,(H,17,18,19). The zero-order valence-corrected chi connectivity index (χ0v) is 12.9. The highest BCUT2D eigenvalue weighted by Crippen LogP contribution is 2.23. The number of benzene rings is 1. The number of aromatic nitrogens is 2. The van der Waals surface area contributed by atoms with Crippen molar-refractivity contribution < 1.29 is 0 Å². The minimum absolute atomic E-state index is 0.0945. The highest BCUT2D eigenvalue weighted by Gasteiger charge is 2.08. The van der Waals surface area contributed by atoms with Gasteiger partial charge in [-0.25, -0.2) is 4.98 Å². The molecule has 0 aliphatic heterocycles. The average molecular weight is 321 g/mol. The number of hydrogen-bond acceptors (Lipinski definition) is 2. The summed E-state index contributed by atoms with van der Waals surface area (Å²) < 4.78 is 1.02. The van der Waals surface area contributed by atoms with Crippen LogP contribution >= 0.6 is 15.9 Å². The average Bonchev–Trinajstić information content (AvgIpc) is 2.26. The molecule has 4 heteroatoms. The first kappa shape index (κ1) is 14.0. The van der Waals surface area contributed by atoms with Crippen molar-refractivity contribution in [2.75, 3.05) is 0 Å². The molecular formula is C15H17BrN2O. The van der Waals surface area contributed by atoms with E-state index in [1.807, 2.05) is 25.1 Å². The number of halogens is 1.